The minimum absolute atomic E-state index is 0.156. The van der Waals surface area contributed by atoms with Crippen LogP contribution < -0.4 is 5.32 Å². The molecule has 1 N–H and O–H groups in total. The summed E-state index contributed by atoms with van der Waals surface area (Å²) in [5.74, 6) is 1.96. The molecule has 1 saturated heterocycles. The minimum atomic E-state index is -0.205. The van der Waals surface area contributed by atoms with E-state index in [-0.39, 0.29) is 11.8 Å². The second-order valence-corrected chi connectivity index (χ2v) is 9.35. The highest BCUT2D eigenvalue weighted by atomic mass is 32.2. The van der Waals surface area contributed by atoms with Gasteiger partial charge in [-0.25, -0.2) is 4.98 Å². The first-order valence-electron chi connectivity index (χ1n) is 11.2. The molecule has 2 amide bonds. The van der Waals surface area contributed by atoms with E-state index in [2.05, 4.69) is 10.3 Å². The summed E-state index contributed by atoms with van der Waals surface area (Å²) < 4.78 is 0. The van der Waals surface area contributed by atoms with Gasteiger partial charge in [0.2, 0.25) is 5.91 Å². The number of carbonyl (C=O) groups excluding carboxylic acids is 2. The third-order valence-corrected chi connectivity index (χ3v) is 6.81. The maximum atomic E-state index is 13.3. The van der Waals surface area contributed by atoms with Crippen LogP contribution in [0, 0.1) is 0 Å². The number of aromatic nitrogens is 2. The number of benzene rings is 2. The number of hydrogen-bond donors (Lipinski definition) is 1. The highest BCUT2D eigenvalue weighted by molar-refractivity contribution is 7.99. The lowest BCUT2D eigenvalue weighted by Gasteiger charge is -2.26. The van der Waals surface area contributed by atoms with E-state index in [1.54, 1.807) is 12.4 Å². The largest absolute Gasteiger partial charge is 0.341 e. The molecule has 1 aliphatic heterocycles. The normalized spacial score (nSPS) is 13.6. The Bertz CT molecular complexity index is 1320. The van der Waals surface area contributed by atoms with Crippen molar-refractivity contribution in [2.24, 2.45) is 0 Å². The molecule has 34 heavy (non-hydrogen) atoms. The molecule has 2 aromatic carbocycles. The molecule has 0 bridgehead atoms. The van der Waals surface area contributed by atoms with Crippen LogP contribution in [0.15, 0.2) is 79.1 Å². The van der Waals surface area contributed by atoms with E-state index < -0.39 is 0 Å². The average molecular weight is 469 g/mol. The number of nitrogens with zero attached hydrogens (tertiary/aromatic N) is 3. The quantitative estimate of drug-likeness (QED) is 0.461. The summed E-state index contributed by atoms with van der Waals surface area (Å²) in [5, 5.41) is 3.79. The number of hydrogen-bond acceptors (Lipinski definition) is 5. The third kappa shape index (κ3) is 4.94. The van der Waals surface area contributed by atoms with E-state index in [1.807, 2.05) is 83.4 Å². The lowest BCUT2D eigenvalue weighted by atomic mass is 10.0. The molecule has 3 heterocycles. The molecule has 4 aromatic rings. The second-order valence-electron chi connectivity index (χ2n) is 8.13. The van der Waals surface area contributed by atoms with E-state index in [9.17, 15) is 9.59 Å². The number of carbonyl (C=O) groups is 2. The zero-order valence-corrected chi connectivity index (χ0v) is 19.4. The van der Waals surface area contributed by atoms with Gasteiger partial charge in [0.1, 0.15) is 0 Å². The number of rotatable bonds is 5. The SMILES string of the molecule is O=C(Nc1ccc(CC(=O)N2CCSCC2)cc1)c1cc(-c2ccncc2)nc2ccccc12. The van der Waals surface area contributed by atoms with Crippen molar-refractivity contribution in [1.29, 1.82) is 0 Å². The molecule has 5 rings (SSSR count). The van der Waals surface area contributed by atoms with Gasteiger partial charge >= 0.3 is 0 Å². The second kappa shape index (κ2) is 10.1. The van der Waals surface area contributed by atoms with Crippen molar-refractivity contribution in [1.82, 2.24) is 14.9 Å². The standard InChI is InChI=1S/C27H24N4O2S/c32-26(31-13-15-34-16-14-31)17-19-5-7-21(8-6-19)29-27(33)23-18-25(20-9-11-28-12-10-20)30-24-4-2-1-3-22(23)24/h1-12,18H,13-17H2,(H,29,33). The summed E-state index contributed by atoms with van der Waals surface area (Å²) in [7, 11) is 0. The summed E-state index contributed by atoms with van der Waals surface area (Å²) in [6.07, 6.45) is 3.80. The molecule has 7 heteroatoms. The van der Waals surface area contributed by atoms with Crippen LogP contribution in [0.1, 0.15) is 15.9 Å². The highest BCUT2D eigenvalue weighted by Gasteiger charge is 2.17. The Labute approximate surface area is 202 Å². The molecule has 1 aliphatic rings. The van der Waals surface area contributed by atoms with Crippen molar-refractivity contribution in [3.63, 3.8) is 0 Å². The van der Waals surface area contributed by atoms with Crippen LogP contribution in [-0.4, -0.2) is 51.3 Å². The maximum Gasteiger partial charge on any atom is 0.256 e. The van der Waals surface area contributed by atoms with Gasteiger partial charge in [-0.05, 0) is 42.0 Å². The van der Waals surface area contributed by atoms with Gasteiger partial charge in [-0.2, -0.15) is 11.8 Å². The maximum absolute atomic E-state index is 13.3. The van der Waals surface area contributed by atoms with Gasteiger partial charge in [0.25, 0.3) is 5.91 Å². The third-order valence-electron chi connectivity index (χ3n) is 5.87. The predicted molar refractivity (Wildman–Crippen MR) is 137 cm³/mol. The molecule has 0 saturated carbocycles. The van der Waals surface area contributed by atoms with Crippen LogP contribution in [0.3, 0.4) is 0 Å². The van der Waals surface area contributed by atoms with E-state index in [4.69, 9.17) is 4.98 Å². The van der Waals surface area contributed by atoms with Crippen molar-refractivity contribution in [2.45, 2.75) is 6.42 Å². The fourth-order valence-corrected chi connectivity index (χ4v) is 4.94. The number of para-hydroxylation sites is 1. The number of thioether (sulfide) groups is 1. The van der Waals surface area contributed by atoms with Gasteiger partial charge in [0.15, 0.2) is 0 Å². The van der Waals surface area contributed by atoms with Crippen LogP contribution in [0.5, 0.6) is 0 Å². The zero-order valence-electron chi connectivity index (χ0n) is 18.6. The van der Waals surface area contributed by atoms with Gasteiger partial charge in [-0.15, -0.1) is 0 Å². The van der Waals surface area contributed by atoms with Crippen molar-refractivity contribution in [3.05, 3.63) is 90.3 Å². The lowest BCUT2D eigenvalue weighted by molar-refractivity contribution is -0.130. The van der Waals surface area contributed by atoms with Gasteiger partial charge in [-0.3, -0.25) is 14.6 Å². The summed E-state index contributed by atoms with van der Waals surface area (Å²) in [5.41, 5.74) is 4.55. The molecule has 6 nitrogen and oxygen atoms in total. The monoisotopic (exact) mass is 468 g/mol. The smallest absolute Gasteiger partial charge is 0.256 e. The summed E-state index contributed by atoms with van der Waals surface area (Å²) in [4.78, 5) is 36.5. The Morgan fingerprint density at radius 1 is 0.941 bits per heavy atom. The van der Waals surface area contributed by atoms with Gasteiger partial charge < -0.3 is 10.2 Å². The molecule has 170 valence electrons. The predicted octanol–water partition coefficient (Wildman–Crippen LogP) is 4.67. The van der Waals surface area contributed by atoms with Crippen LogP contribution in [0.25, 0.3) is 22.2 Å². The Morgan fingerprint density at radius 2 is 1.68 bits per heavy atom. The molecule has 1 fully saturated rings. The van der Waals surface area contributed by atoms with Crippen LogP contribution in [0.2, 0.25) is 0 Å². The van der Waals surface area contributed by atoms with E-state index >= 15 is 0 Å². The number of anilines is 1. The molecule has 0 atom stereocenters. The Hall–Kier alpha value is -3.71. The van der Waals surface area contributed by atoms with E-state index in [0.717, 1.165) is 52.3 Å². The van der Waals surface area contributed by atoms with E-state index in [0.29, 0.717) is 17.7 Å². The highest BCUT2D eigenvalue weighted by Crippen LogP contribution is 2.25. The first kappa shape index (κ1) is 22.1. The van der Waals surface area contributed by atoms with Crippen molar-refractivity contribution in [3.8, 4) is 11.3 Å². The summed E-state index contributed by atoms with van der Waals surface area (Å²) in [6.45, 7) is 1.64. The molecule has 2 aromatic heterocycles. The Kier molecular flexibility index (Phi) is 6.53. The molecule has 0 aliphatic carbocycles. The van der Waals surface area contributed by atoms with Crippen LogP contribution in [0.4, 0.5) is 5.69 Å². The van der Waals surface area contributed by atoms with Crippen LogP contribution in [-0.2, 0) is 11.2 Å². The van der Waals surface area contributed by atoms with Gasteiger partial charge in [0, 0.05) is 53.6 Å². The van der Waals surface area contributed by atoms with Gasteiger partial charge in [0.05, 0.1) is 23.2 Å². The molecule has 0 radical (unpaired) electrons. The first-order valence-corrected chi connectivity index (χ1v) is 12.4. The summed E-state index contributed by atoms with van der Waals surface area (Å²) in [6, 6.07) is 20.7. The lowest BCUT2D eigenvalue weighted by Crippen LogP contribution is -2.38. The first-order chi connectivity index (χ1) is 16.7. The molecular formula is C27H24N4O2S. The topological polar surface area (TPSA) is 75.2 Å². The van der Waals surface area contributed by atoms with Gasteiger partial charge in [-0.1, -0.05) is 30.3 Å². The summed E-state index contributed by atoms with van der Waals surface area (Å²) >= 11 is 1.89. The fraction of sp³-hybridized carbons (Fsp3) is 0.185. The Morgan fingerprint density at radius 3 is 2.44 bits per heavy atom. The van der Waals surface area contributed by atoms with Crippen molar-refractivity contribution in [2.75, 3.05) is 29.9 Å². The number of fused-ring (bicyclic) bond motifs is 1. The number of pyridine rings is 2. The van der Waals surface area contributed by atoms with Crippen LogP contribution >= 0.6 is 11.8 Å². The molecular weight excluding hydrogens is 444 g/mol. The fourth-order valence-electron chi connectivity index (χ4n) is 4.04. The molecule has 0 spiro atoms. The zero-order chi connectivity index (χ0) is 23.3. The average Bonchev–Trinajstić information content (AvgIpc) is 2.90. The minimum Gasteiger partial charge on any atom is -0.341 e. The number of nitrogens with one attached hydrogen (secondary N) is 1. The Balaban J connectivity index is 1.35. The van der Waals surface area contributed by atoms with Crippen molar-refractivity contribution >= 4 is 40.2 Å². The van der Waals surface area contributed by atoms with E-state index in [1.165, 1.54) is 0 Å². The number of amides is 2. The molecule has 0 unspecified atom stereocenters. The van der Waals surface area contributed by atoms with Crippen molar-refractivity contribution < 1.29 is 9.59 Å².